The van der Waals surface area contributed by atoms with Gasteiger partial charge in [-0.25, -0.2) is 4.79 Å². The zero-order chi connectivity index (χ0) is 19.3. The van der Waals surface area contributed by atoms with Gasteiger partial charge in [-0.05, 0) is 48.0 Å². The molecule has 6 nitrogen and oxygen atoms in total. The first kappa shape index (κ1) is 17.9. The number of aromatic nitrogens is 1. The topological polar surface area (TPSA) is 82.3 Å². The average Bonchev–Trinajstić information content (AvgIpc) is 3.26. The summed E-state index contributed by atoms with van der Waals surface area (Å²) in [5, 5.41) is 3.52. The Bertz CT molecular complexity index is 1100. The van der Waals surface area contributed by atoms with Crippen LogP contribution in [-0.2, 0) is 10.3 Å². The molecule has 3 aromatic rings. The Balaban J connectivity index is 1.64. The normalized spacial score (nSPS) is 19.7. The fourth-order valence-corrected chi connectivity index (χ4v) is 4.93. The molecule has 0 bridgehead atoms. The minimum absolute atomic E-state index is 0.273. The number of carbonyl (C=O) groups excluding carboxylic acids is 3. The van der Waals surface area contributed by atoms with Gasteiger partial charge in [0.25, 0.3) is 5.91 Å². The van der Waals surface area contributed by atoms with Crippen LogP contribution in [0.1, 0.15) is 27.9 Å². The highest BCUT2D eigenvalue weighted by molar-refractivity contribution is 9.11. The van der Waals surface area contributed by atoms with Crippen LogP contribution in [0.4, 0.5) is 4.79 Å². The molecule has 8 heteroatoms. The number of aromatic amines is 1. The van der Waals surface area contributed by atoms with Crippen molar-refractivity contribution in [2.75, 3.05) is 6.54 Å². The molecule has 2 N–H and O–H groups in total. The molecule has 2 aromatic heterocycles. The molecule has 1 atom stereocenters. The summed E-state index contributed by atoms with van der Waals surface area (Å²) in [6.45, 7) is 3.18. The van der Waals surface area contributed by atoms with Crippen molar-refractivity contribution in [1.29, 1.82) is 0 Å². The third-order valence-electron chi connectivity index (χ3n) is 4.82. The average molecular weight is 446 g/mol. The first-order chi connectivity index (χ1) is 12.8. The third kappa shape index (κ3) is 2.80. The van der Waals surface area contributed by atoms with Gasteiger partial charge < -0.3 is 10.3 Å². The Morgan fingerprint density at radius 1 is 1.22 bits per heavy atom. The van der Waals surface area contributed by atoms with E-state index in [4.69, 9.17) is 0 Å². The van der Waals surface area contributed by atoms with Crippen molar-refractivity contribution in [2.24, 2.45) is 0 Å². The number of Topliss-reactive ketones (excluding diaryl/α,β-unsaturated/α-hetero) is 1. The number of carbonyl (C=O) groups is 3. The number of H-pyrrole nitrogens is 1. The van der Waals surface area contributed by atoms with Crippen LogP contribution in [0.5, 0.6) is 0 Å². The van der Waals surface area contributed by atoms with Gasteiger partial charge in [-0.15, -0.1) is 11.3 Å². The molecular weight excluding hydrogens is 430 g/mol. The number of amides is 3. The zero-order valence-electron chi connectivity index (χ0n) is 14.6. The van der Waals surface area contributed by atoms with Crippen LogP contribution in [-0.4, -0.2) is 34.2 Å². The fourth-order valence-electron chi connectivity index (χ4n) is 3.45. The molecule has 1 aliphatic rings. The Morgan fingerprint density at radius 2 is 1.96 bits per heavy atom. The maximum Gasteiger partial charge on any atom is 0.325 e. The first-order valence-corrected chi connectivity index (χ1v) is 9.92. The van der Waals surface area contributed by atoms with Crippen LogP contribution in [0.3, 0.4) is 0 Å². The highest BCUT2D eigenvalue weighted by atomic mass is 79.9. The minimum atomic E-state index is -1.16. The summed E-state index contributed by atoms with van der Waals surface area (Å²) in [5.74, 6) is -0.697. The van der Waals surface area contributed by atoms with Crippen molar-refractivity contribution in [3.63, 3.8) is 0 Å². The van der Waals surface area contributed by atoms with Gasteiger partial charge in [0.1, 0.15) is 0 Å². The Labute approximate surface area is 167 Å². The van der Waals surface area contributed by atoms with Crippen LogP contribution < -0.4 is 5.32 Å². The number of nitrogens with one attached hydrogen (secondary N) is 2. The summed E-state index contributed by atoms with van der Waals surface area (Å²) in [7, 11) is 0. The molecule has 4 rings (SSSR count). The molecule has 0 saturated carbocycles. The van der Waals surface area contributed by atoms with E-state index in [1.165, 1.54) is 11.3 Å². The van der Waals surface area contributed by atoms with Gasteiger partial charge in [0.05, 0.1) is 10.3 Å². The lowest BCUT2D eigenvalue weighted by molar-refractivity contribution is -0.130. The summed E-state index contributed by atoms with van der Waals surface area (Å²) in [6, 6.07) is 10.5. The van der Waals surface area contributed by atoms with Gasteiger partial charge in [0.2, 0.25) is 0 Å². The third-order valence-corrected chi connectivity index (χ3v) is 6.66. The van der Waals surface area contributed by atoms with Gasteiger partial charge in [-0.1, -0.05) is 18.2 Å². The number of thiophene rings is 1. The molecule has 27 heavy (non-hydrogen) atoms. The number of urea groups is 1. The van der Waals surface area contributed by atoms with E-state index in [0.717, 1.165) is 25.3 Å². The van der Waals surface area contributed by atoms with E-state index in [9.17, 15) is 14.4 Å². The second-order valence-corrected chi connectivity index (χ2v) is 9.11. The molecule has 0 spiro atoms. The molecule has 0 radical (unpaired) electrons. The van der Waals surface area contributed by atoms with E-state index in [1.54, 1.807) is 13.0 Å². The van der Waals surface area contributed by atoms with Gasteiger partial charge in [-0.3, -0.25) is 14.5 Å². The van der Waals surface area contributed by atoms with Crippen LogP contribution in [0.2, 0.25) is 0 Å². The highest BCUT2D eigenvalue weighted by Gasteiger charge is 2.50. The number of benzene rings is 1. The van der Waals surface area contributed by atoms with E-state index < -0.39 is 17.5 Å². The van der Waals surface area contributed by atoms with Crippen LogP contribution in [0.25, 0.3) is 10.9 Å². The van der Waals surface area contributed by atoms with E-state index in [1.807, 2.05) is 37.3 Å². The van der Waals surface area contributed by atoms with E-state index in [-0.39, 0.29) is 12.3 Å². The van der Waals surface area contributed by atoms with Gasteiger partial charge >= 0.3 is 6.03 Å². The quantitative estimate of drug-likeness (QED) is 0.471. The molecule has 1 saturated heterocycles. The Hall–Kier alpha value is -2.45. The number of hydrogen-bond donors (Lipinski definition) is 2. The summed E-state index contributed by atoms with van der Waals surface area (Å²) < 4.78 is 0.865. The number of halogens is 1. The molecule has 1 aliphatic heterocycles. The summed E-state index contributed by atoms with van der Waals surface area (Å²) >= 11 is 4.75. The molecular formula is C19H16BrN3O3S. The predicted octanol–water partition coefficient (Wildman–Crippen LogP) is 3.95. The lowest BCUT2D eigenvalue weighted by Gasteiger charge is -2.19. The lowest BCUT2D eigenvalue weighted by atomic mass is 10.00. The van der Waals surface area contributed by atoms with Crippen molar-refractivity contribution >= 4 is 55.9 Å². The second-order valence-electron chi connectivity index (χ2n) is 6.64. The molecule has 1 fully saturated rings. The molecule has 138 valence electrons. The van der Waals surface area contributed by atoms with Gasteiger partial charge in [-0.2, -0.15) is 0 Å². The summed E-state index contributed by atoms with van der Waals surface area (Å²) in [5.41, 5.74) is 0.921. The smallest absolute Gasteiger partial charge is 0.325 e. The number of para-hydroxylation sites is 1. The number of hydrogen-bond acceptors (Lipinski definition) is 4. The maximum absolute atomic E-state index is 13.0. The molecule has 0 aliphatic carbocycles. The monoisotopic (exact) mass is 445 g/mol. The maximum atomic E-state index is 13.0. The van der Waals surface area contributed by atoms with Crippen LogP contribution in [0.15, 0.2) is 40.2 Å². The molecule has 1 unspecified atom stereocenters. The number of imide groups is 1. The van der Waals surface area contributed by atoms with E-state index >= 15 is 0 Å². The van der Waals surface area contributed by atoms with Gasteiger partial charge in [0, 0.05) is 27.0 Å². The van der Waals surface area contributed by atoms with Crippen molar-refractivity contribution in [3.05, 3.63) is 56.3 Å². The Kier molecular flexibility index (Phi) is 4.20. The summed E-state index contributed by atoms with van der Waals surface area (Å²) in [6.07, 6.45) is 0. The molecule has 1 aromatic carbocycles. The number of aryl methyl sites for hydroxylation is 1. The standard InChI is InChI=1S/C19H16BrN3O3S/c1-10-16(11-5-3-4-6-12(11)21-10)13(24)9-23-17(25)19(2,22-18(23)26)14-7-8-15(20)27-14/h3-8,21H,9H2,1-2H3,(H,22,26). The van der Waals surface area contributed by atoms with Gasteiger partial charge in [0.15, 0.2) is 11.3 Å². The highest BCUT2D eigenvalue weighted by Crippen LogP contribution is 2.35. The lowest BCUT2D eigenvalue weighted by Crippen LogP contribution is -2.40. The zero-order valence-corrected chi connectivity index (χ0v) is 17.0. The number of nitrogens with zero attached hydrogens (tertiary/aromatic N) is 1. The number of rotatable bonds is 4. The van der Waals surface area contributed by atoms with Crippen molar-refractivity contribution in [3.8, 4) is 0 Å². The Morgan fingerprint density at radius 3 is 2.67 bits per heavy atom. The number of fused-ring (bicyclic) bond motifs is 1. The fraction of sp³-hybridized carbons (Fsp3) is 0.211. The predicted molar refractivity (Wildman–Crippen MR) is 107 cm³/mol. The van der Waals surface area contributed by atoms with Crippen LogP contribution >= 0.6 is 27.3 Å². The minimum Gasteiger partial charge on any atom is -0.358 e. The van der Waals surface area contributed by atoms with E-state index in [0.29, 0.717) is 10.4 Å². The van der Waals surface area contributed by atoms with Crippen molar-refractivity contribution in [1.82, 2.24) is 15.2 Å². The largest absolute Gasteiger partial charge is 0.358 e. The second kappa shape index (κ2) is 6.31. The SMILES string of the molecule is Cc1[nH]c2ccccc2c1C(=O)CN1C(=O)NC(C)(c2ccc(Br)s2)C1=O. The van der Waals surface area contributed by atoms with Crippen molar-refractivity contribution in [2.45, 2.75) is 19.4 Å². The number of ketones is 1. The van der Waals surface area contributed by atoms with Crippen molar-refractivity contribution < 1.29 is 14.4 Å². The summed E-state index contributed by atoms with van der Waals surface area (Å²) in [4.78, 5) is 43.3. The van der Waals surface area contributed by atoms with E-state index in [2.05, 4.69) is 26.2 Å². The molecule has 3 amide bonds. The molecule has 3 heterocycles. The first-order valence-electron chi connectivity index (χ1n) is 8.31. The van der Waals surface area contributed by atoms with Crippen LogP contribution in [0, 0.1) is 6.92 Å².